The molecule has 17 heavy (non-hydrogen) atoms. The number of benzene rings is 1. The summed E-state index contributed by atoms with van der Waals surface area (Å²) >= 11 is 0. The van der Waals surface area contributed by atoms with E-state index in [1.165, 1.54) is 0 Å². The van der Waals surface area contributed by atoms with Gasteiger partial charge in [-0.15, -0.1) is 0 Å². The van der Waals surface area contributed by atoms with Crippen LogP contribution in [0.5, 0.6) is 0 Å². The van der Waals surface area contributed by atoms with E-state index in [0.29, 0.717) is 13.2 Å². The van der Waals surface area contributed by atoms with Crippen LogP contribution in [0.3, 0.4) is 0 Å². The van der Waals surface area contributed by atoms with Crippen molar-refractivity contribution >= 4 is 0 Å². The highest BCUT2D eigenvalue weighted by atomic mass is 16.6. The van der Waals surface area contributed by atoms with Gasteiger partial charge in [0.15, 0.2) is 0 Å². The van der Waals surface area contributed by atoms with Gasteiger partial charge in [0.1, 0.15) is 0 Å². The highest BCUT2D eigenvalue weighted by molar-refractivity contribution is 5.13. The van der Waals surface area contributed by atoms with Crippen molar-refractivity contribution < 1.29 is 9.94 Å². The summed E-state index contributed by atoms with van der Waals surface area (Å²) in [4.78, 5) is 5.42. The monoisotopic (exact) mass is 237 g/mol. The minimum Gasteiger partial charge on any atom is -0.396 e. The normalized spacial score (nSPS) is 11.7. The molecule has 0 radical (unpaired) electrons. The lowest BCUT2D eigenvalue weighted by molar-refractivity contribution is -0.0122. The number of aliphatic hydroxyl groups is 1. The third-order valence-electron chi connectivity index (χ3n) is 3.47. The van der Waals surface area contributed by atoms with E-state index in [4.69, 9.17) is 4.84 Å². The van der Waals surface area contributed by atoms with Crippen molar-refractivity contribution in [2.75, 3.05) is 13.2 Å². The van der Waals surface area contributed by atoms with Gasteiger partial charge in [0, 0.05) is 18.6 Å². The van der Waals surface area contributed by atoms with Crippen molar-refractivity contribution in [3.63, 3.8) is 0 Å². The maximum Gasteiger partial charge on any atom is 0.0933 e. The topological polar surface area (TPSA) is 41.5 Å². The molecule has 1 rings (SSSR count). The maximum absolute atomic E-state index is 9.40. The number of rotatable bonds is 8. The summed E-state index contributed by atoms with van der Waals surface area (Å²) in [5, 5.41) is 9.40. The van der Waals surface area contributed by atoms with Crippen molar-refractivity contribution in [2.45, 2.75) is 33.3 Å². The van der Waals surface area contributed by atoms with E-state index in [1.54, 1.807) is 0 Å². The van der Waals surface area contributed by atoms with Crippen LogP contribution < -0.4 is 5.48 Å². The van der Waals surface area contributed by atoms with E-state index in [-0.39, 0.29) is 12.0 Å². The van der Waals surface area contributed by atoms with Gasteiger partial charge < -0.3 is 5.11 Å². The van der Waals surface area contributed by atoms with E-state index in [9.17, 15) is 5.11 Å². The molecule has 0 saturated heterocycles. The molecule has 0 fully saturated rings. The minimum absolute atomic E-state index is 0.0588. The van der Waals surface area contributed by atoms with E-state index < -0.39 is 0 Å². The van der Waals surface area contributed by atoms with E-state index in [2.05, 4.69) is 19.3 Å². The molecule has 0 aromatic heterocycles. The lowest BCUT2D eigenvalue weighted by atomic mass is 9.83. The molecule has 1 aromatic rings. The second-order valence-corrected chi connectivity index (χ2v) is 4.46. The molecular weight excluding hydrogens is 214 g/mol. The first-order valence-electron chi connectivity index (χ1n) is 6.26. The van der Waals surface area contributed by atoms with Gasteiger partial charge in [0.25, 0.3) is 0 Å². The molecule has 0 unspecified atom stereocenters. The minimum atomic E-state index is -0.0588. The lowest BCUT2D eigenvalue weighted by Gasteiger charge is -2.29. The van der Waals surface area contributed by atoms with Crippen molar-refractivity contribution in [3.8, 4) is 0 Å². The molecular formula is C14H23NO2. The molecule has 0 amide bonds. The zero-order valence-corrected chi connectivity index (χ0v) is 10.8. The van der Waals surface area contributed by atoms with Gasteiger partial charge in [0.05, 0.1) is 6.61 Å². The largest absolute Gasteiger partial charge is 0.396 e. The predicted octanol–water partition coefficient (Wildman–Crippen LogP) is 2.51. The molecule has 96 valence electrons. The number of hydrogen-bond donors (Lipinski definition) is 2. The molecule has 0 heterocycles. The molecule has 0 aliphatic heterocycles. The Hall–Kier alpha value is -0.900. The average molecular weight is 237 g/mol. The number of hydrogen-bond acceptors (Lipinski definition) is 3. The third kappa shape index (κ3) is 4.46. The summed E-state index contributed by atoms with van der Waals surface area (Å²) in [7, 11) is 0. The molecule has 0 saturated carbocycles. The fourth-order valence-electron chi connectivity index (χ4n) is 1.69. The fraction of sp³-hybridized carbons (Fsp3) is 0.571. The van der Waals surface area contributed by atoms with E-state index >= 15 is 0 Å². The Balaban J connectivity index is 2.28. The number of aliphatic hydroxyl groups excluding tert-OH is 1. The van der Waals surface area contributed by atoms with Crippen LogP contribution >= 0.6 is 0 Å². The van der Waals surface area contributed by atoms with Gasteiger partial charge in [0.2, 0.25) is 0 Å². The van der Waals surface area contributed by atoms with E-state index in [1.807, 2.05) is 30.3 Å². The Bertz CT molecular complexity index is 288. The Morgan fingerprint density at radius 3 is 2.35 bits per heavy atom. The average Bonchev–Trinajstić information content (AvgIpc) is 2.41. The van der Waals surface area contributed by atoms with Gasteiger partial charge in [-0.3, -0.25) is 4.84 Å². The first-order chi connectivity index (χ1) is 8.26. The van der Waals surface area contributed by atoms with Crippen LogP contribution in [0.25, 0.3) is 0 Å². The van der Waals surface area contributed by atoms with Gasteiger partial charge in [-0.1, -0.05) is 44.2 Å². The van der Waals surface area contributed by atoms with Gasteiger partial charge >= 0.3 is 0 Å². The van der Waals surface area contributed by atoms with Crippen LogP contribution in [0.2, 0.25) is 0 Å². The zero-order chi connectivity index (χ0) is 12.6. The molecule has 0 aliphatic rings. The Morgan fingerprint density at radius 1 is 1.18 bits per heavy atom. The quantitative estimate of drug-likeness (QED) is 0.539. The SMILES string of the molecule is CCC(CC)(CO)CNOCc1ccccc1. The summed E-state index contributed by atoms with van der Waals surface area (Å²) in [5.74, 6) is 0. The summed E-state index contributed by atoms with van der Waals surface area (Å²) in [5.41, 5.74) is 4.05. The zero-order valence-electron chi connectivity index (χ0n) is 10.8. The van der Waals surface area contributed by atoms with Gasteiger partial charge in [-0.25, -0.2) is 5.48 Å². The molecule has 3 heteroatoms. The molecule has 0 aliphatic carbocycles. The maximum atomic E-state index is 9.40. The molecule has 1 aromatic carbocycles. The predicted molar refractivity (Wildman–Crippen MR) is 69.3 cm³/mol. The van der Waals surface area contributed by atoms with Gasteiger partial charge in [-0.2, -0.15) is 0 Å². The Labute approximate surface area is 104 Å². The van der Waals surface area contributed by atoms with Crippen molar-refractivity contribution in [1.82, 2.24) is 5.48 Å². The second kappa shape index (κ2) is 7.43. The Morgan fingerprint density at radius 2 is 1.82 bits per heavy atom. The van der Waals surface area contributed by atoms with Gasteiger partial charge in [-0.05, 0) is 18.4 Å². The molecule has 0 spiro atoms. The smallest absolute Gasteiger partial charge is 0.0933 e. The summed E-state index contributed by atoms with van der Waals surface area (Å²) in [6, 6.07) is 10.0. The van der Waals surface area contributed by atoms with Crippen LogP contribution in [0.15, 0.2) is 30.3 Å². The number of hydroxylamine groups is 1. The first kappa shape index (κ1) is 14.2. The van der Waals surface area contributed by atoms with Crippen molar-refractivity contribution in [1.29, 1.82) is 0 Å². The fourth-order valence-corrected chi connectivity index (χ4v) is 1.69. The first-order valence-corrected chi connectivity index (χ1v) is 6.26. The third-order valence-corrected chi connectivity index (χ3v) is 3.47. The van der Waals surface area contributed by atoms with Crippen LogP contribution in [0.1, 0.15) is 32.3 Å². The van der Waals surface area contributed by atoms with Crippen LogP contribution in [0, 0.1) is 5.41 Å². The number of nitrogens with one attached hydrogen (secondary N) is 1. The highest BCUT2D eigenvalue weighted by Gasteiger charge is 2.24. The standard InChI is InChI=1S/C14H23NO2/c1-3-14(4-2,12-16)11-15-17-10-13-8-6-5-7-9-13/h5-9,15-16H,3-4,10-12H2,1-2H3. The molecule has 3 nitrogen and oxygen atoms in total. The van der Waals surface area contributed by atoms with Crippen LogP contribution in [-0.2, 0) is 11.4 Å². The molecule has 2 N–H and O–H groups in total. The van der Waals surface area contributed by atoms with Crippen molar-refractivity contribution in [2.24, 2.45) is 5.41 Å². The Kier molecular flexibility index (Phi) is 6.19. The van der Waals surface area contributed by atoms with Crippen molar-refractivity contribution in [3.05, 3.63) is 35.9 Å². The highest BCUT2D eigenvalue weighted by Crippen LogP contribution is 2.24. The van der Waals surface area contributed by atoms with Crippen LogP contribution in [-0.4, -0.2) is 18.3 Å². The van der Waals surface area contributed by atoms with Crippen LogP contribution in [0.4, 0.5) is 0 Å². The lowest BCUT2D eigenvalue weighted by Crippen LogP contribution is -2.36. The van der Waals surface area contributed by atoms with E-state index in [0.717, 1.165) is 18.4 Å². The summed E-state index contributed by atoms with van der Waals surface area (Å²) in [6.07, 6.45) is 1.89. The molecule has 0 bridgehead atoms. The summed E-state index contributed by atoms with van der Waals surface area (Å²) < 4.78 is 0. The second-order valence-electron chi connectivity index (χ2n) is 4.46. The molecule has 0 atom stereocenters. The summed E-state index contributed by atoms with van der Waals surface area (Å²) in [6.45, 7) is 5.62.